The highest BCUT2D eigenvalue weighted by atomic mass is 35.5. The average molecular weight is 517 g/mol. The molecule has 36 heavy (non-hydrogen) atoms. The van der Waals surface area contributed by atoms with Gasteiger partial charge < -0.3 is 35.1 Å². The molecule has 2 aromatic heterocycles. The van der Waals surface area contributed by atoms with E-state index < -0.39 is 6.10 Å². The summed E-state index contributed by atoms with van der Waals surface area (Å²) in [6.45, 7) is 9.10. The summed E-state index contributed by atoms with van der Waals surface area (Å²) < 4.78 is 16.8. The van der Waals surface area contributed by atoms with E-state index in [1.54, 1.807) is 25.2 Å². The molecule has 1 aromatic carbocycles. The van der Waals surface area contributed by atoms with Crippen molar-refractivity contribution in [3.63, 3.8) is 0 Å². The van der Waals surface area contributed by atoms with Crippen molar-refractivity contribution >= 4 is 17.4 Å². The summed E-state index contributed by atoms with van der Waals surface area (Å²) in [6, 6.07) is 5.46. The van der Waals surface area contributed by atoms with Gasteiger partial charge in [-0.25, -0.2) is 9.97 Å². The van der Waals surface area contributed by atoms with Crippen molar-refractivity contribution in [1.82, 2.24) is 25.8 Å². The molecule has 0 bridgehead atoms. The Morgan fingerprint density at radius 1 is 1.28 bits per heavy atom. The molecule has 0 amide bonds. The van der Waals surface area contributed by atoms with Crippen molar-refractivity contribution in [2.24, 2.45) is 0 Å². The third-order valence-electron chi connectivity index (χ3n) is 5.99. The van der Waals surface area contributed by atoms with Crippen LogP contribution in [-0.4, -0.2) is 78.9 Å². The number of aromatic nitrogens is 3. The quantitative estimate of drug-likeness (QED) is 0.319. The third kappa shape index (κ3) is 6.13. The van der Waals surface area contributed by atoms with Crippen LogP contribution in [0.25, 0.3) is 22.6 Å². The second kappa shape index (κ2) is 12.0. The first kappa shape index (κ1) is 26.3. The van der Waals surface area contributed by atoms with Crippen LogP contribution in [0.3, 0.4) is 0 Å². The maximum Gasteiger partial charge on any atom is 0.163 e. The Morgan fingerprint density at radius 3 is 2.81 bits per heavy atom. The number of rotatable bonds is 10. The molecule has 0 saturated carbocycles. The predicted octanol–water partition coefficient (Wildman–Crippen LogP) is 2.74. The molecule has 4 N–H and O–H groups in total. The van der Waals surface area contributed by atoms with Gasteiger partial charge in [0.2, 0.25) is 0 Å². The number of halogens is 1. The van der Waals surface area contributed by atoms with Gasteiger partial charge in [0.05, 0.1) is 35.2 Å². The molecule has 1 aliphatic heterocycles. The van der Waals surface area contributed by atoms with Gasteiger partial charge in [-0.3, -0.25) is 0 Å². The normalized spacial score (nSPS) is 16.7. The van der Waals surface area contributed by atoms with Crippen molar-refractivity contribution in [3.8, 4) is 28.4 Å². The number of aliphatic hydroxyl groups is 1. The molecule has 3 heterocycles. The number of likely N-dealkylation sites (N-methyl/N-ethyl adjacent to an activating group) is 1. The van der Waals surface area contributed by atoms with Gasteiger partial charge in [0.15, 0.2) is 5.82 Å². The minimum Gasteiger partial charge on any atom is -0.491 e. The second-order valence-corrected chi connectivity index (χ2v) is 9.25. The SMILES string of the molecule is CNC[C@@H](O)COc1ccc(Cl)c(-c2nc(NCC3COCCN3)c(C)c(-c3c(C)noc3C)n2)c1. The van der Waals surface area contributed by atoms with Gasteiger partial charge in [0, 0.05) is 36.8 Å². The number of nitrogens with zero attached hydrogens (tertiary/aromatic N) is 3. The number of benzene rings is 1. The molecule has 10 nitrogen and oxygen atoms in total. The summed E-state index contributed by atoms with van der Waals surface area (Å²) >= 11 is 6.60. The maximum atomic E-state index is 10.0. The number of nitrogens with one attached hydrogen (secondary N) is 3. The molecule has 1 unspecified atom stereocenters. The lowest BCUT2D eigenvalue weighted by atomic mass is 10.0. The Labute approximate surface area is 215 Å². The lowest BCUT2D eigenvalue weighted by Crippen LogP contribution is -2.45. The zero-order valence-electron chi connectivity index (χ0n) is 21.0. The van der Waals surface area contributed by atoms with Gasteiger partial charge in [-0.2, -0.15) is 0 Å². The summed E-state index contributed by atoms with van der Waals surface area (Å²) in [5.41, 5.74) is 3.79. The zero-order chi connectivity index (χ0) is 25.7. The van der Waals surface area contributed by atoms with Gasteiger partial charge in [-0.05, 0) is 46.0 Å². The van der Waals surface area contributed by atoms with E-state index in [1.807, 2.05) is 20.8 Å². The number of aliphatic hydroxyl groups excluding tert-OH is 1. The van der Waals surface area contributed by atoms with Crippen LogP contribution in [-0.2, 0) is 4.74 Å². The first-order valence-corrected chi connectivity index (χ1v) is 12.4. The summed E-state index contributed by atoms with van der Waals surface area (Å²) in [5, 5.41) is 24.4. The van der Waals surface area contributed by atoms with Crippen LogP contribution in [0.5, 0.6) is 5.75 Å². The number of anilines is 1. The highest BCUT2D eigenvalue weighted by Crippen LogP contribution is 2.36. The number of hydrogen-bond acceptors (Lipinski definition) is 10. The Hall–Kier alpha value is -2.76. The number of morpholine rings is 1. The molecule has 194 valence electrons. The predicted molar refractivity (Wildman–Crippen MR) is 139 cm³/mol. The van der Waals surface area contributed by atoms with Crippen molar-refractivity contribution in [2.75, 3.05) is 51.8 Å². The lowest BCUT2D eigenvalue weighted by Gasteiger charge is -2.25. The number of hydrogen-bond donors (Lipinski definition) is 4. The maximum absolute atomic E-state index is 10.0. The molecular weight excluding hydrogens is 484 g/mol. The van der Waals surface area contributed by atoms with Crippen LogP contribution >= 0.6 is 11.6 Å². The first-order valence-electron chi connectivity index (χ1n) is 12.0. The molecule has 4 rings (SSSR count). The molecule has 1 fully saturated rings. The van der Waals surface area contributed by atoms with Gasteiger partial charge in [-0.15, -0.1) is 0 Å². The molecule has 3 aromatic rings. The minimum absolute atomic E-state index is 0.143. The monoisotopic (exact) mass is 516 g/mol. The molecule has 1 saturated heterocycles. The minimum atomic E-state index is -0.635. The average Bonchev–Trinajstić information content (AvgIpc) is 3.21. The van der Waals surface area contributed by atoms with Crippen LogP contribution in [0.4, 0.5) is 5.82 Å². The van der Waals surface area contributed by atoms with E-state index in [0.29, 0.717) is 60.0 Å². The first-order chi connectivity index (χ1) is 17.4. The van der Waals surface area contributed by atoms with Crippen molar-refractivity contribution in [2.45, 2.75) is 32.9 Å². The second-order valence-electron chi connectivity index (χ2n) is 8.84. The van der Waals surface area contributed by atoms with Gasteiger partial charge in [0.25, 0.3) is 0 Å². The van der Waals surface area contributed by atoms with E-state index in [2.05, 4.69) is 21.1 Å². The Morgan fingerprint density at radius 2 is 2.11 bits per heavy atom. The van der Waals surface area contributed by atoms with Gasteiger partial charge in [0.1, 0.15) is 30.0 Å². The molecule has 2 atom stereocenters. The van der Waals surface area contributed by atoms with E-state index in [-0.39, 0.29) is 12.6 Å². The molecule has 0 aliphatic carbocycles. The van der Waals surface area contributed by atoms with Crippen molar-refractivity contribution in [3.05, 3.63) is 40.2 Å². The van der Waals surface area contributed by atoms with Crippen LogP contribution in [0.1, 0.15) is 17.0 Å². The zero-order valence-corrected chi connectivity index (χ0v) is 21.8. The fourth-order valence-electron chi connectivity index (χ4n) is 4.10. The fourth-order valence-corrected chi connectivity index (χ4v) is 4.30. The fraction of sp³-hybridized carbons (Fsp3) is 0.480. The lowest BCUT2D eigenvalue weighted by molar-refractivity contribution is 0.0806. The smallest absolute Gasteiger partial charge is 0.163 e. The molecular formula is C25H33ClN6O4. The number of ether oxygens (including phenoxy) is 2. The highest BCUT2D eigenvalue weighted by molar-refractivity contribution is 6.33. The van der Waals surface area contributed by atoms with Crippen molar-refractivity contribution < 1.29 is 19.1 Å². The Balaban J connectivity index is 1.71. The largest absolute Gasteiger partial charge is 0.491 e. The third-order valence-corrected chi connectivity index (χ3v) is 6.32. The van der Waals surface area contributed by atoms with Crippen LogP contribution in [0.15, 0.2) is 22.7 Å². The van der Waals surface area contributed by atoms with Crippen LogP contribution in [0.2, 0.25) is 5.02 Å². The summed E-state index contributed by atoms with van der Waals surface area (Å²) in [4.78, 5) is 9.74. The number of aryl methyl sites for hydroxylation is 2. The molecule has 0 spiro atoms. The molecule has 0 radical (unpaired) electrons. The standard InChI is InChI=1S/C25H33ClN6O4/c1-14-23(22-15(2)32-36-16(22)3)30-25(31-24(14)29-10-17-12-34-8-7-28-17)20-9-19(5-6-21(20)26)35-13-18(33)11-27-4/h5-6,9,17-18,27-28,33H,7-8,10-13H2,1-4H3,(H,29,30,31)/t17?,18-/m1/s1. The van der Waals surface area contributed by atoms with Crippen molar-refractivity contribution in [1.29, 1.82) is 0 Å². The van der Waals surface area contributed by atoms with E-state index in [9.17, 15) is 5.11 Å². The van der Waals surface area contributed by atoms with E-state index >= 15 is 0 Å². The van der Waals surface area contributed by atoms with Gasteiger partial charge in [-0.1, -0.05) is 16.8 Å². The summed E-state index contributed by atoms with van der Waals surface area (Å²) in [5.74, 6) is 2.37. The molecule has 1 aliphatic rings. The summed E-state index contributed by atoms with van der Waals surface area (Å²) in [7, 11) is 1.78. The summed E-state index contributed by atoms with van der Waals surface area (Å²) in [6.07, 6.45) is -0.635. The van der Waals surface area contributed by atoms with E-state index in [1.165, 1.54) is 0 Å². The van der Waals surface area contributed by atoms with E-state index in [4.69, 9.17) is 35.6 Å². The van der Waals surface area contributed by atoms with Crippen LogP contribution < -0.4 is 20.7 Å². The Kier molecular flexibility index (Phi) is 8.76. The topological polar surface area (TPSA) is 127 Å². The van der Waals surface area contributed by atoms with E-state index in [0.717, 1.165) is 29.1 Å². The van der Waals surface area contributed by atoms with Crippen LogP contribution in [0, 0.1) is 20.8 Å². The Bertz CT molecular complexity index is 1160. The molecule has 11 heteroatoms. The highest BCUT2D eigenvalue weighted by Gasteiger charge is 2.22. The van der Waals surface area contributed by atoms with Gasteiger partial charge >= 0.3 is 0 Å².